The highest BCUT2D eigenvalue weighted by Gasteiger charge is 2.38. The Morgan fingerprint density at radius 2 is 2.25 bits per heavy atom. The van der Waals surface area contributed by atoms with Crippen molar-refractivity contribution in [1.29, 1.82) is 0 Å². The summed E-state index contributed by atoms with van der Waals surface area (Å²) in [5.74, 6) is -1.45. The Balaban J connectivity index is 2.62. The number of methoxy groups -OCH3 is 1. The fourth-order valence-electron chi connectivity index (χ4n) is 1.62. The van der Waals surface area contributed by atoms with Gasteiger partial charge in [0.2, 0.25) is 0 Å². The topological polar surface area (TPSA) is 61.8 Å². The third-order valence-corrected chi connectivity index (χ3v) is 2.52. The highest BCUT2D eigenvalue weighted by molar-refractivity contribution is 5.85. The molecule has 0 aromatic carbocycles. The van der Waals surface area contributed by atoms with E-state index in [4.69, 9.17) is 9.47 Å². The van der Waals surface area contributed by atoms with Crippen LogP contribution in [0, 0.1) is 5.92 Å². The highest BCUT2D eigenvalue weighted by Crippen LogP contribution is 2.26. The first-order valence-corrected chi connectivity index (χ1v) is 5.27. The van der Waals surface area contributed by atoms with Crippen LogP contribution in [0.4, 0.5) is 0 Å². The molecule has 16 heavy (non-hydrogen) atoms. The van der Waals surface area contributed by atoms with Crippen LogP contribution in [0.3, 0.4) is 0 Å². The summed E-state index contributed by atoms with van der Waals surface area (Å²) in [6.45, 7) is 5.32. The second-order valence-corrected chi connectivity index (χ2v) is 4.45. The van der Waals surface area contributed by atoms with Gasteiger partial charge in [-0.2, -0.15) is 0 Å². The molecule has 1 fully saturated rings. The van der Waals surface area contributed by atoms with Crippen LogP contribution < -0.4 is 0 Å². The van der Waals surface area contributed by atoms with Crippen molar-refractivity contribution in [3.05, 3.63) is 0 Å². The Morgan fingerprint density at radius 3 is 2.81 bits per heavy atom. The van der Waals surface area contributed by atoms with Crippen molar-refractivity contribution >= 4 is 11.8 Å². The van der Waals surface area contributed by atoms with E-state index in [-0.39, 0.29) is 30.7 Å². The molecule has 2 atom stereocenters. The summed E-state index contributed by atoms with van der Waals surface area (Å²) in [4.78, 5) is 22.7. The van der Waals surface area contributed by atoms with Crippen LogP contribution in [-0.2, 0) is 23.8 Å². The summed E-state index contributed by atoms with van der Waals surface area (Å²) in [7, 11) is 1.33. The van der Waals surface area contributed by atoms with Gasteiger partial charge in [-0.25, -0.2) is 0 Å². The summed E-state index contributed by atoms with van der Waals surface area (Å²) >= 11 is 0. The van der Waals surface area contributed by atoms with Gasteiger partial charge in [-0.1, -0.05) is 6.92 Å². The van der Waals surface area contributed by atoms with E-state index in [1.807, 2.05) is 0 Å². The zero-order chi connectivity index (χ0) is 12.3. The van der Waals surface area contributed by atoms with Gasteiger partial charge in [0, 0.05) is 5.92 Å². The van der Waals surface area contributed by atoms with E-state index >= 15 is 0 Å². The first-order chi connectivity index (χ1) is 7.35. The molecular weight excluding hydrogens is 212 g/mol. The minimum atomic E-state index is -0.775. The van der Waals surface area contributed by atoms with E-state index in [0.29, 0.717) is 0 Å². The molecule has 0 aromatic rings. The molecule has 5 heteroatoms. The van der Waals surface area contributed by atoms with Crippen molar-refractivity contribution in [2.24, 2.45) is 5.92 Å². The van der Waals surface area contributed by atoms with Gasteiger partial charge >= 0.3 is 5.97 Å². The molecular formula is C11H18O5. The second-order valence-electron chi connectivity index (χ2n) is 4.45. The number of hydrogen-bond donors (Lipinski definition) is 0. The fraction of sp³-hybridized carbons (Fsp3) is 0.818. The van der Waals surface area contributed by atoms with Gasteiger partial charge in [0.1, 0.15) is 12.7 Å². The van der Waals surface area contributed by atoms with Crippen molar-refractivity contribution in [3.8, 4) is 0 Å². The standard InChI is InChI=1S/C11H18O5/c1-7(5-9(13)14-4)10-8(12)6-15-11(2,3)16-10/h7,10H,5-6H2,1-4H3/t7-,10+/m1/s1. The maximum absolute atomic E-state index is 11.6. The average Bonchev–Trinajstić information content (AvgIpc) is 2.21. The van der Waals surface area contributed by atoms with Gasteiger partial charge in [0.15, 0.2) is 11.6 Å². The van der Waals surface area contributed by atoms with Gasteiger partial charge < -0.3 is 14.2 Å². The molecule has 1 saturated heterocycles. The number of rotatable bonds is 3. The Hall–Kier alpha value is -0.940. The molecule has 0 bridgehead atoms. The van der Waals surface area contributed by atoms with Crippen LogP contribution >= 0.6 is 0 Å². The summed E-state index contributed by atoms with van der Waals surface area (Å²) in [6.07, 6.45) is -0.425. The van der Waals surface area contributed by atoms with E-state index in [1.54, 1.807) is 20.8 Å². The third-order valence-electron chi connectivity index (χ3n) is 2.52. The Kier molecular flexibility index (Phi) is 4.04. The molecule has 1 aliphatic rings. The maximum Gasteiger partial charge on any atom is 0.305 e. The number of carbonyl (C=O) groups excluding carboxylic acids is 2. The molecule has 1 heterocycles. The SMILES string of the molecule is COC(=O)C[C@@H](C)[C@@H]1OC(C)(C)OCC1=O. The van der Waals surface area contributed by atoms with Crippen LogP contribution in [0.2, 0.25) is 0 Å². The highest BCUT2D eigenvalue weighted by atomic mass is 16.7. The lowest BCUT2D eigenvalue weighted by Crippen LogP contribution is -2.49. The number of ketones is 1. The van der Waals surface area contributed by atoms with E-state index < -0.39 is 11.9 Å². The zero-order valence-corrected chi connectivity index (χ0v) is 10.1. The van der Waals surface area contributed by atoms with Crippen LogP contribution in [0.5, 0.6) is 0 Å². The summed E-state index contributed by atoms with van der Waals surface area (Å²) in [5.41, 5.74) is 0. The largest absolute Gasteiger partial charge is 0.469 e. The van der Waals surface area contributed by atoms with Gasteiger partial charge in [-0.05, 0) is 13.8 Å². The van der Waals surface area contributed by atoms with Crippen molar-refractivity contribution in [2.45, 2.75) is 39.1 Å². The zero-order valence-electron chi connectivity index (χ0n) is 10.1. The predicted molar refractivity (Wildman–Crippen MR) is 55.7 cm³/mol. The van der Waals surface area contributed by atoms with Gasteiger partial charge in [0.05, 0.1) is 13.5 Å². The first kappa shape index (κ1) is 13.1. The van der Waals surface area contributed by atoms with E-state index in [2.05, 4.69) is 4.74 Å². The molecule has 5 nitrogen and oxygen atoms in total. The van der Waals surface area contributed by atoms with E-state index in [1.165, 1.54) is 7.11 Å². The summed E-state index contributed by atoms with van der Waals surface area (Å²) in [6, 6.07) is 0. The quantitative estimate of drug-likeness (QED) is 0.674. The molecule has 0 unspecified atom stereocenters. The Morgan fingerprint density at radius 1 is 1.62 bits per heavy atom. The van der Waals surface area contributed by atoms with Crippen molar-refractivity contribution < 1.29 is 23.8 Å². The molecule has 0 aromatic heterocycles. The average molecular weight is 230 g/mol. The summed E-state index contributed by atoms with van der Waals surface area (Å²) < 4.78 is 15.3. The lowest BCUT2D eigenvalue weighted by Gasteiger charge is -2.37. The van der Waals surface area contributed by atoms with Gasteiger partial charge in [0.25, 0.3) is 0 Å². The lowest BCUT2D eigenvalue weighted by atomic mass is 9.96. The molecule has 0 radical (unpaired) electrons. The molecule has 0 N–H and O–H groups in total. The van der Waals surface area contributed by atoms with E-state index in [0.717, 1.165) is 0 Å². The molecule has 0 amide bonds. The Bertz CT molecular complexity index is 284. The lowest BCUT2D eigenvalue weighted by molar-refractivity contribution is -0.265. The van der Waals surface area contributed by atoms with Crippen molar-refractivity contribution in [1.82, 2.24) is 0 Å². The molecule has 1 rings (SSSR count). The summed E-state index contributed by atoms with van der Waals surface area (Å²) in [5, 5.41) is 0. The number of esters is 1. The maximum atomic E-state index is 11.6. The molecule has 0 spiro atoms. The molecule has 1 aliphatic heterocycles. The Labute approximate surface area is 95.0 Å². The normalized spacial score (nSPS) is 26.2. The number of carbonyl (C=O) groups is 2. The molecule has 0 aliphatic carbocycles. The van der Waals surface area contributed by atoms with Crippen LogP contribution in [0.1, 0.15) is 27.2 Å². The van der Waals surface area contributed by atoms with Gasteiger partial charge in [-0.15, -0.1) is 0 Å². The van der Waals surface area contributed by atoms with Crippen LogP contribution in [0.15, 0.2) is 0 Å². The predicted octanol–water partition coefficient (Wildman–Crippen LogP) is 0.906. The number of Topliss-reactive ketones (excluding diaryl/α,β-unsaturated/α-hetero) is 1. The molecule has 0 saturated carbocycles. The minimum absolute atomic E-state index is 0.0309. The number of ether oxygens (including phenoxy) is 3. The third kappa shape index (κ3) is 3.28. The fourth-order valence-corrected chi connectivity index (χ4v) is 1.62. The smallest absolute Gasteiger partial charge is 0.305 e. The second kappa shape index (κ2) is 4.93. The van der Waals surface area contributed by atoms with Crippen LogP contribution in [0.25, 0.3) is 0 Å². The van der Waals surface area contributed by atoms with Crippen molar-refractivity contribution in [3.63, 3.8) is 0 Å². The molecule has 92 valence electrons. The van der Waals surface area contributed by atoms with Crippen molar-refractivity contribution in [2.75, 3.05) is 13.7 Å². The first-order valence-electron chi connectivity index (χ1n) is 5.27. The van der Waals surface area contributed by atoms with E-state index in [9.17, 15) is 9.59 Å². The van der Waals surface area contributed by atoms with Gasteiger partial charge in [-0.3, -0.25) is 9.59 Å². The monoisotopic (exact) mass is 230 g/mol. The minimum Gasteiger partial charge on any atom is -0.469 e. The number of hydrogen-bond acceptors (Lipinski definition) is 5. The van der Waals surface area contributed by atoms with Crippen LogP contribution in [-0.4, -0.2) is 37.4 Å².